The zero-order valence-electron chi connectivity index (χ0n) is 8.21. The lowest BCUT2D eigenvalue weighted by molar-refractivity contribution is 0.520. The molecular weight excluding hydrogens is 244 g/mol. The molecule has 0 aromatic heterocycles. The quantitative estimate of drug-likeness (QED) is 0.761. The molecule has 0 heterocycles. The maximum Gasteiger partial charge on any atom is 0.0213 e. The molecule has 0 aliphatic heterocycles. The molecule has 0 aliphatic carbocycles. The third-order valence-electron chi connectivity index (χ3n) is 2.61. The summed E-state index contributed by atoms with van der Waals surface area (Å²) in [4.78, 5) is 0. The van der Waals surface area contributed by atoms with E-state index in [1.165, 1.54) is 10.0 Å². The summed E-state index contributed by atoms with van der Waals surface area (Å²) >= 11 is 8.08. The Hall–Kier alpha value is 0.0500. The van der Waals surface area contributed by atoms with Crippen LogP contribution in [0.1, 0.15) is 26.3 Å². The van der Waals surface area contributed by atoms with E-state index in [4.69, 9.17) is 0 Å². The lowest BCUT2D eigenvalue weighted by Crippen LogP contribution is -2.27. The Morgan fingerprint density at radius 3 is 2.31 bits per heavy atom. The van der Waals surface area contributed by atoms with Crippen molar-refractivity contribution in [3.63, 3.8) is 0 Å². The fourth-order valence-corrected chi connectivity index (χ4v) is 2.14. The molecule has 1 rings (SSSR count). The maximum atomic E-state index is 4.52. The average molecular weight is 259 g/mol. The summed E-state index contributed by atoms with van der Waals surface area (Å²) in [6, 6.07) is 8.33. The summed E-state index contributed by atoms with van der Waals surface area (Å²) in [7, 11) is 0. The molecule has 0 amide bonds. The first-order valence-corrected chi connectivity index (χ1v) is 5.70. The van der Waals surface area contributed by atoms with Crippen LogP contribution in [0.2, 0.25) is 0 Å². The summed E-state index contributed by atoms with van der Waals surface area (Å²) in [6.45, 7) is 6.55. The zero-order chi connectivity index (χ0) is 10.1. The first kappa shape index (κ1) is 11.1. The lowest BCUT2D eigenvalue weighted by atomic mass is 9.82. The van der Waals surface area contributed by atoms with Gasteiger partial charge in [0, 0.05) is 15.1 Å². The van der Waals surface area contributed by atoms with E-state index >= 15 is 0 Å². The second kappa shape index (κ2) is 4.05. The van der Waals surface area contributed by atoms with Crippen molar-refractivity contribution in [3.05, 3.63) is 34.3 Å². The highest BCUT2D eigenvalue weighted by atomic mass is 79.9. The Morgan fingerprint density at radius 2 is 1.85 bits per heavy atom. The summed E-state index contributed by atoms with van der Waals surface area (Å²) in [6.07, 6.45) is 0. The van der Waals surface area contributed by atoms with E-state index in [1.54, 1.807) is 0 Å². The smallest absolute Gasteiger partial charge is 0.0213 e. The minimum absolute atomic E-state index is 0.100. The Balaban J connectivity index is 3.14. The highest BCUT2D eigenvalue weighted by molar-refractivity contribution is 9.10. The number of halogens is 1. The predicted octanol–water partition coefficient (Wildman–Crippen LogP) is 4.05. The highest BCUT2D eigenvalue weighted by Gasteiger charge is 2.26. The van der Waals surface area contributed by atoms with Gasteiger partial charge in [0.2, 0.25) is 0 Å². The summed E-state index contributed by atoms with van der Waals surface area (Å²) < 4.78 is 1.17. The van der Waals surface area contributed by atoms with Crippen LogP contribution in [0, 0.1) is 0 Å². The van der Waals surface area contributed by atoms with Crippen LogP contribution in [0.4, 0.5) is 0 Å². The van der Waals surface area contributed by atoms with Gasteiger partial charge < -0.3 is 0 Å². The fourth-order valence-electron chi connectivity index (χ4n) is 1.21. The molecule has 0 saturated carbocycles. The van der Waals surface area contributed by atoms with Crippen molar-refractivity contribution in [2.24, 2.45) is 0 Å². The van der Waals surface area contributed by atoms with E-state index in [1.807, 2.05) is 6.07 Å². The van der Waals surface area contributed by atoms with Gasteiger partial charge in [-0.05, 0) is 11.6 Å². The molecule has 1 unspecified atom stereocenters. The minimum atomic E-state index is 0.100. The molecule has 0 aliphatic rings. The van der Waals surface area contributed by atoms with Gasteiger partial charge in [-0.3, -0.25) is 0 Å². The van der Waals surface area contributed by atoms with Gasteiger partial charge in [-0.15, -0.1) is 0 Å². The SMILES string of the molecule is CC(S)C(C)(C)c1ccccc1Br. The molecule has 0 fully saturated rings. The number of rotatable bonds is 2. The lowest BCUT2D eigenvalue weighted by Gasteiger charge is -2.30. The van der Waals surface area contributed by atoms with E-state index in [-0.39, 0.29) is 5.41 Å². The Morgan fingerprint density at radius 1 is 1.31 bits per heavy atom. The van der Waals surface area contributed by atoms with Crippen molar-refractivity contribution < 1.29 is 0 Å². The van der Waals surface area contributed by atoms with Crippen LogP contribution in [0.3, 0.4) is 0 Å². The largest absolute Gasteiger partial charge is 0.175 e. The van der Waals surface area contributed by atoms with E-state index in [0.717, 1.165) is 0 Å². The molecular formula is C11H15BrS. The molecule has 1 aromatic rings. The molecule has 72 valence electrons. The van der Waals surface area contributed by atoms with Crippen molar-refractivity contribution in [2.75, 3.05) is 0 Å². The second-order valence-electron chi connectivity index (χ2n) is 3.88. The van der Waals surface area contributed by atoms with Crippen LogP contribution in [0.25, 0.3) is 0 Å². The van der Waals surface area contributed by atoms with Crippen molar-refractivity contribution in [1.29, 1.82) is 0 Å². The van der Waals surface area contributed by atoms with Crippen molar-refractivity contribution >= 4 is 28.6 Å². The monoisotopic (exact) mass is 258 g/mol. The van der Waals surface area contributed by atoms with Gasteiger partial charge in [-0.25, -0.2) is 0 Å². The van der Waals surface area contributed by atoms with Gasteiger partial charge in [0.05, 0.1) is 0 Å². The molecule has 0 radical (unpaired) electrons. The fraction of sp³-hybridized carbons (Fsp3) is 0.455. The zero-order valence-corrected chi connectivity index (χ0v) is 10.7. The van der Waals surface area contributed by atoms with Crippen LogP contribution < -0.4 is 0 Å². The highest BCUT2D eigenvalue weighted by Crippen LogP contribution is 2.34. The molecule has 2 heteroatoms. The summed E-state index contributed by atoms with van der Waals surface area (Å²) in [5.41, 5.74) is 1.42. The Bertz CT molecular complexity index is 292. The van der Waals surface area contributed by atoms with Crippen LogP contribution in [0.15, 0.2) is 28.7 Å². The van der Waals surface area contributed by atoms with Gasteiger partial charge in [-0.1, -0.05) is 54.9 Å². The van der Waals surface area contributed by atoms with Gasteiger partial charge in [0.25, 0.3) is 0 Å². The van der Waals surface area contributed by atoms with E-state index in [9.17, 15) is 0 Å². The van der Waals surface area contributed by atoms with E-state index < -0.39 is 0 Å². The third kappa shape index (κ3) is 2.29. The van der Waals surface area contributed by atoms with Crippen LogP contribution in [-0.2, 0) is 5.41 Å². The van der Waals surface area contributed by atoms with Crippen LogP contribution >= 0.6 is 28.6 Å². The van der Waals surface area contributed by atoms with Crippen LogP contribution in [0.5, 0.6) is 0 Å². The Kier molecular flexibility index (Phi) is 3.47. The summed E-state index contributed by atoms with van der Waals surface area (Å²) in [5, 5.41) is 0.339. The normalized spacial score (nSPS) is 14.2. The molecule has 1 aromatic carbocycles. The second-order valence-corrected chi connectivity index (χ2v) is 5.51. The Labute approximate surface area is 94.3 Å². The molecule has 13 heavy (non-hydrogen) atoms. The molecule has 0 spiro atoms. The first-order valence-electron chi connectivity index (χ1n) is 4.39. The van der Waals surface area contributed by atoms with Crippen molar-refractivity contribution in [1.82, 2.24) is 0 Å². The maximum absolute atomic E-state index is 4.52. The number of benzene rings is 1. The first-order chi connectivity index (χ1) is 5.96. The third-order valence-corrected chi connectivity index (χ3v) is 3.95. The predicted molar refractivity (Wildman–Crippen MR) is 65.6 cm³/mol. The molecule has 0 bridgehead atoms. The number of hydrogen-bond donors (Lipinski definition) is 1. The van der Waals surface area contributed by atoms with Gasteiger partial charge in [-0.2, -0.15) is 12.6 Å². The van der Waals surface area contributed by atoms with E-state index in [2.05, 4.69) is 67.5 Å². The van der Waals surface area contributed by atoms with E-state index in [0.29, 0.717) is 5.25 Å². The molecule has 0 saturated heterocycles. The van der Waals surface area contributed by atoms with Gasteiger partial charge in [0.1, 0.15) is 0 Å². The standard InChI is InChI=1S/C11H15BrS/c1-8(13)11(2,3)9-6-4-5-7-10(9)12/h4-8,13H,1-3H3. The van der Waals surface area contributed by atoms with Crippen LogP contribution in [-0.4, -0.2) is 5.25 Å². The number of hydrogen-bond acceptors (Lipinski definition) is 1. The topological polar surface area (TPSA) is 0 Å². The molecule has 0 nitrogen and oxygen atoms in total. The number of thiol groups is 1. The van der Waals surface area contributed by atoms with Crippen molar-refractivity contribution in [3.8, 4) is 0 Å². The van der Waals surface area contributed by atoms with Gasteiger partial charge in [0.15, 0.2) is 0 Å². The molecule has 0 N–H and O–H groups in total. The van der Waals surface area contributed by atoms with Crippen molar-refractivity contribution in [2.45, 2.75) is 31.4 Å². The average Bonchev–Trinajstić information content (AvgIpc) is 2.04. The minimum Gasteiger partial charge on any atom is -0.175 e. The summed E-state index contributed by atoms with van der Waals surface area (Å²) in [5.74, 6) is 0. The van der Waals surface area contributed by atoms with Gasteiger partial charge >= 0.3 is 0 Å². The molecule has 1 atom stereocenters.